The van der Waals surface area contributed by atoms with Crippen molar-refractivity contribution < 1.29 is 43.6 Å². The van der Waals surface area contributed by atoms with Crippen LogP contribution in [-0.4, -0.2) is 91.0 Å². The molecule has 58 heavy (non-hydrogen) atoms. The van der Waals surface area contributed by atoms with Gasteiger partial charge in [0.15, 0.2) is 29.3 Å². The number of rotatable bonds is 17. The monoisotopic (exact) mass is 817 g/mol. The first kappa shape index (κ1) is 45.3. The molecule has 1 amide bonds. The van der Waals surface area contributed by atoms with Gasteiger partial charge in [-0.3, -0.25) is 9.59 Å². The number of carbonyl (C=O) groups is 3. The van der Waals surface area contributed by atoms with Gasteiger partial charge >= 0.3 is 11.9 Å². The summed E-state index contributed by atoms with van der Waals surface area (Å²) < 4.78 is 30.3. The number of pyridine rings is 1. The Morgan fingerprint density at radius 1 is 0.776 bits per heavy atom. The van der Waals surface area contributed by atoms with Crippen LogP contribution in [0.5, 0.6) is 0 Å². The number of aliphatic hydroxyl groups is 2. The van der Waals surface area contributed by atoms with Gasteiger partial charge in [0.1, 0.15) is 6.54 Å². The van der Waals surface area contributed by atoms with E-state index in [4.69, 9.17) is 20.4 Å². The molecular formula is C44H49F2N3O8S. The lowest BCUT2D eigenvalue weighted by Gasteiger charge is -2.28. The molecule has 0 aliphatic carbocycles. The van der Waals surface area contributed by atoms with Gasteiger partial charge in [-0.2, -0.15) is 0 Å². The average molecular weight is 818 g/mol. The van der Waals surface area contributed by atoms with Crippen molar-refractivity contribution in [3.63, 3.8) is 0 Å². The number of thioether (sulfide) groups is 1. The zero-order valence-electron chi connectivity index (χ0n) is 32.8. The van der Waals surface area contributed by atoms with Crippen LogP contribution in [0.15, 0.2) is 107 Å². The van der Waals surface area contributed by atoms with Crippen molar-refractivity contribution in [2.45, 2.75) is 69.7 Å². The number of hydrogen-bond donors (Lipinski definition) is 4. The second-order valence-corrected chi connectivity index (χ2v) is 14.8. The molecule has 2 atom stereocenters. The van der Waals surface area contributed by atoms with Crippen LogP contribution in [0.1, 0.15) is 50.3 Å². The topological polar surface area (TPSA) is 161 Å². The fraction of sp³-hybridized carbons (Fsp3) is 0.318. The molecule has 0 aliphatic rings. The summed E-state index contributed by atoms with van der Waals surface area (Å²) in [7, 11) is 0. The molecule has 308 valence electrons. The first-order chi connectivity index (χ1) is 27.6. The Balaban J connectivity index is 0.000000657. The van der Waals surface area contributed by atoms with Crippen LogP contribution in [0.2, 0.25) is 0 Å². The zero-order chi connectivity index (χ0) is 42.5. The molecule has 0 radical (unpaired) electrons. The Labute approximate surface area is 340 Å². The van der Waals surface area contributed by atoms with E-state index in [1.54, 1.807) is 12.1 Å². The van der Waals surface area contributed by atoms with Crippen molar-refractivity contribution in [2.24, 2.45) is 0 Å². The summed E-state index contributed by atoms with van der Waals surface area (Å²) >= 11 is 1.21. The summed E-state index contributed by atoms with van der Waals surface area (Å²) in [6.07, 6.45) is -4.53. The smallest absolute Gasteiger partial charge is 0.335 e. The number of fused-ring (bicyclic) bond motifs is 1. The molecule has 14 heteroatoms. The number of benzene rings is 4. The van der Waals surface area contributed by atoms with Gasteiger partial charge in [-0.05, 0) is 59.5 Å². The molecular weight excluding hydrogens is 769 g/mol. The number of carbonyl (C=O) groups excluding carboxylic acids is 1. The van der Waals surface area contributed by atoms with Gasteiger partial charge in [0.25, 0.3) is 0 Å². The minimum Gasteiger partial charge on any atom is -0.479 e. The molecule has 0 bridgehead atoms. The fourth-order valence-corrected chi connectivity index (χ4v) is 7.12. The molecule has 0 saturated heterocycles. The van der Waals surface area contributed by atoms with Crippen molar-refractivity contribution in [1.82, 2.24) is 14.4 Å². The van der Waals surface area contributed by atoms with Crippen molar-refractivity contribution in [3.05, 3.63) is 136 Å². The third kappa shape index (κ3) is 12.1. The standard InChI is InChI=1S/C40H43F2N3O2S.C4H6O6/c1-5-43(6-2)22-23-44(25-29-14-16-31(17-15-29)32-20-18-30(19-21-32)28(3)4)38(47)26-45-36-13-8-7-11-34(36)37(46)24-39(45)48-27-33-10-9-12-35(41)40(33)42;5-1(3(7)8)2(6)4(9)10/h7-21,24,28H,5-6,22-23,25-27H2,1-4H3;1-2,5-6H,(H,7,8)(H,9,10). The highest BCUT2D eigenvalue weighted by Gasteiger charge is 2.29. The van der Waals surface area contributed by atoms with E-state index < -0.39 is 35.8 Å². The van der Waals surface area contributed by atoms with E-state index >= 15 is 0 Å². The number of aromatic nitrogens is 1. The number of hydrogen-bond acceptors (Lipinski definition) is 8. The normalized spacial score (nSPS) is 12.2. The average Bonchev–Trinajstić information content (AvgIpc) is 3.22. The number of aliphatic hydroxyl groups excluding tert-OH is 2. The van der Waals surface area contributed by atoms with E-state index in [1.165, 1.54) is 35.5 Å². The Bertz CT molecular complexity index is 2210. The van der Waals surface area contributed by atoms with Crippen LogP contribution in [-0.2, 0) is 33.2 Å². The third-order valence-corrected chi connectivity index (χ3v) is 10.7. The Morgan fingerprint density at radius 3 is 1.93 bits per heavy atom. The van der Waals surface area contributed by atoms with Crippen LogP contribution in [0.3, 0.4) is 0 Å². The fourth-order valence-electron chi connectivity index (χ4n) is 6.08. The Hall–Kier alpha value is -5.41. The van der Waals surface area contributed by atoms with Gasteiger partial charge in [0, 0.05) is 42.4 Å². The predicted octanol–water partition coefficient (Wildman–Crippen LogP) is 6.61. The summed E-state index contributed by atoms with van der Waals surface area (Å²) in [6, 6.07) is 29.8. The van der Waals surface area contributed by atoms with E-state index in [9.17, 15) is 28.0 Å². The summed E-state index contributed by atoms with van der Waals surface area (Å²) in [5.74, 6) is -4.87. The lowest BCUT2D eigenvalue weighted by Crippen LogP contribution is -2.40. The van der Waals surface area contributed by atoms with Crippen LogP contribution in [0.25, 0.3) is 22.0 Å². The highest BCUT2D eigenvalue weighted by molar-refractivity contribution is 7.98. The second-order valence-electron chi connectivity index (χ2n) is 13.8. The summed E-state index contributed by atoms with van der Waals surface area (Å²) in [6.45, 7) is 12.0. The van der Waals surface area contributed by atoms with E-state index in [-0.39, 0.29) is 29.2 Å². The first-order valence-electron chi connectivity index (χ1n) is 18.8. The number of carboxylic acid groups (broad SMARTS) is 2. The van der Waals surface area contributed by atoms with Gasteiger partial charge in [-0.25, -0.2) is 18.4 Å². The summed E-state index contributed by atoms with van der Waals surface area (Å²) in [5.41, 5.74) is 5.21. The molecule has 11 nitrogen and oxygen atoms in total. The zero-order valence-corrected chi connectivity index (χ0v) is 33.7. The highest BCUT2D eigenvalue weighted by Crippen LogP contribution is 2.28. The maximum absolute atomic E-state index is 14.5. The largest absolute Gasteiger partial charge is 0.479 e. The molecule has 5 aromatic rings. The maximum Gasteiger partial charge on any atom is 0.335 e. The van der Waals surface area contributed by atoms with Gasteiger partial charge < -0.3 is 34.8 Å². The Morgan fingerprint density at radius 2 is 1.36 bits per heavy atom. The molecule has 1 aromatic heterocycles. The van der Waals surface area contributed by atoms with E-state index in [0.717, 1.165) is 42.4 Å². The molecule has 4 N–H and O–H groups in total. The molecule has 0 aliphatic heterocycles. The quantitative estimate of drug-likeness (QED) is 0.0753. The number of aliphatic carboxylic acids is 2. The van der Waals surface area contributed by atoms with Crippen LogP contribution < -0.4 is 5.43 Å². The number of carboxylic acids is 2. The lowest BCUT2D eigenvalue weighted by atomic mass is 9.98. The lowest BCUT2D eigenvalue weighted by molar-refractivity contribution is -0.165. The molecule has 0 spiro atoms. The van der Waals surface area contributed by atoms with Gasteiger partial charge in [-0.1, -0.05) is 100 Å². The predicted molar refractivity (Wildman–Crippen MR) is 221 cm³/mol. The van der Waals surface area contributed by atoms with Gasteiger partial charge in [0.05, 0.1) is 10.5 Å². The molecule has 2 unspecified atom stereocenters. The van der Waals surface area contributed by atoms with Crippen molar-refractivity contribution in [3.8, 4) is 11.1 Å². The molecule has 4 aromatic carbocycles. The minimum absolute atomic E-state index is 0.00665. The van der Waals surface area contributed by atoms with Crippen LogP contribution in [0, 0.1) is 11.6 Å². The minimum atomic E-state index is -2.27. The molecule has 0 saturated carbocycles. The summed E-state index contributed by atoms with van der Waals surface area (Å²) in [4.78, 5) is 51.0. The van der Waals surface area contributed by atoms with Crippen molar-refractivity contribution in [1.29, 1.82) is 0 Å². The van der Waals surface area contributed by atoms with Crippen LogP contribution in [0.4, 0.5) is 8.78 Å². The second kappa shape index (κ2) is 21.4. The van der Waals surface area contributed by atoms with E-state index in [0.29, 0.717) is 34.9 Å². The Kier molecular flexibility index (Phi) is 16.7. The maximum atomic E-state index is 14.5. The first-order valence-corrected chi connectivity index (χ1v) is 19.8. The number of amides is 1. The number of nitrogens with zero attached hydrogens (tertiary/aromatic N) is 3. The number of halogens is 2. The highest BCUT2D eigenvalue weighted by atomic mass is 32.2. The number of likely N-dealkylation sites (N-methyl/N-ethyl adjacent to an activating group) is 1. The summed E-state index contributed by atoms with van der Waals surface area (Å²) in [5, 5.41) is 33.5. The van der Waals surface area contributed by atoms with E-state index in [2.05, 4.69) is 81.1 Å². The molecule has 1 heterocycles. The van der Waals surface area contributed by atoms with Crippen LogP contribution >= 0.6 is 11.8 Å². The van der Waals surface area contributed by atoms with Crippen molar-refractivity contribution >= 4 is 40.5 Å². The number of para-hydroxylation sites is 1. The van der Waals surface area contributed by atoms with Gasteiger partial charge in [-0.15, -0.1) is 11.8 Å². The molecule has 0 fully saturated rings. The SMILES string of the molecule is CCN(CC)CCN(Cc1ccc(-c2ccc(C(C)C)cc2)cc1)C(=O)Cn1c(SCc2cccc(F)c2F)cc(=O)c2ccccc21.O=C(O)C(O)C(O)C(=O)O. The molecule has 5 rings (SSSR count). The van der Waals surface area contributed by atoms with Gasteiger partial charge in [0.2, 0.25) is 5.91 Å². The third-order valence-electron chi connectivity index (χ3n) is 9.66. The van der Waals surface area contributed by atoms with Crippen molar-refractivity contribution in [2.75, 3.05) is 26.2 Å². The van der Waals surface area contributed by atoms with E-state index in [1.807, 2.05) is 21.6 Å².